The number of rotatable bonds is 4. The molecule has 7 heteroatoms. The molecule has 0 radical (unpaired) electrons. The van der Waals surface area contributed by atoms with E-state index < -0.39 is 11.7 Å². The molecular weight excluding hydrogens is 374 g/mol. The van der Waals surface area contributed by atoms with E-state index in [9.17, 15) is 18.0 Å². The highest BCUT2D eigenvalue weighted by Gasteiger charge is 2.34. The minimum atomic E-state index is -4.41. The van der Waals surface area contributed by atoms with Gasteiger partial charge in [0.2, 0.25) is 0 Å². The van der Waals surface area contributed by atoms with E-state index in [-0.39, 0.29) is 18.5 Å². The van der Waals surface area contributed by atoms with Gasteiger partial charge in [-0.25, -0.2) is 0 Å². The first-order valence-electron chi connectivity index (χ1n) is 7.67. The van der Waals surface area contributed by atoms with Gasteiger partial charge in [0.05, 0.1) is 5.56 Å². The number of benzene rings is 2. The molecule has 0 N–H and O–H groups in total. The summed E-state index contributed by atoms with van der Waals surface area (Å²) in [6.45, 7) is 0.109. The summed E-state index contributed by atoms with van der Waals surface area (Å²) < 4.78 is 38.6. The Morgan fingerprint density at radius 2 is 1.72 bits per heavy atom. The van der Waals surface area contributed by atoms with Gasteiger partial charge < -0.3 is 4.90 Å². The quantitative estimate of drug-likeness (QED) is 0.647. The minimum Gasteiger partial charge on any atom is -0.331 e. The van der Waals surface area contributed by atoms with Gasteiger partial charge in [0, 0.05) is 28.2 Å². The molecule has 2 aromatic rings. The summed E-state index contributed by atoms with van der Waals surface area (Å²) in [4.78, 5) is 14.4. The van der Waals surface area contributed by atoms with Crippen molar-refractivity contribution in [1.82, 2.24) is 4.90 Å². The SMILES string of the molecule is O=C(c1cc(Cl)cc(Cl)c1)N(Cc1cccc(C(F)(F)F)c1)C1CC1. The van der Waals surface area contributed by atoms with E-state index in [1.54, 1.807) is 11.0 Å². The maximum absolute atomic E-state index is 12.9. The van der Waals surface area contributed by atoms with Crippen LogP contribution in [0.25, 0.3) is 0 Å². The molecule has 0 aromatic heterocycles. The molecule has 132 valence electrons. The summed E-state index contributed by atoms with van der Waals surface area (Å²) in [7, 11) is 0. The second kappa shape index (κ2) is 6.89. The van der Waals surface area contributed by atoms with Crippen LogP contribution in [-0.4, -0.2) is 16.8 Å². The summed E-state index contributed by atoms with van der Waals surface area (Å²) in [5, 5.41) is 0.677. The average Bonchev–Trinajstić information content (AvgIpc) is 3.35. The van der Waals surface area contributed by atoms with E-state index in [0.717, 1.165) is 25.0 Å². The van der Waals surface area contributed by atoms with Crippen LogP contribution in [0.1, 0.15) is 34.3 Å². The maximum atomic E-state index is 12.9. The molecule has 1 aliphatic carbocycles. The van der Waals surface area contributed by atoms with Crippen molar-refractivity contribution < 1.29 is 18.0 Å². The molecule has 0 heterocycles. The Balaban J connectivity index is 1.86. The normalized spacial score (nSPS) is 14.4. The standard InChI is InChI=1S/C18H14Cl2F3NO/c19-14-7-12(8-15(20)9-14)17(25)24(16-4-5-16)10-11-2-1-3-13(6-11)18(21,22)23/h1-3,6-9,16H,4-5,10H2. The van der Waals surface area contributed by atoms with Crippen molar-refractivity contribution in [2.45, 2.75) is 31.6 Å². The number of halogens is 5. The second-order valence-corrected chi connectivity index (χ2v) is 6.89. The Kier molecular flexibility index (Phi) is 4.98. The van der Waals surface area contributed by atoms with Gasteiger partial charge in [-0.05, 0) is 48.7 Å². The van der Waals surface area contributed by atoms with Crippen LogP contribution < -0.4 is 0 Å². The summed E-state index contributed by atoms with van der Waals surface area (Å²) >= 11 is 11.9. The molecule has 2 aromatic carbocycles. The Hall–Kier alpha value is -1.72. The highest BCUT2D eigenvalue weighted by atomic mass is 35.5. The topological polar surface area (TPSA) is 20.3 Å². The van der Waals surface area contributed by atoms with Crippen LogP contribution in [0, 0.1) is 0 Å². The Labute approximate surface area is 153 Å². The van der Waals surface area contributed by atoms with Crippen LogP contribution in [0.4, 0.5) is 13.2 Å². The van der Waals surface area contributed by atoms with E-state index in [1.807, 2.05) is 0 Å². The lowest BCUT2D eigenvalue weighted by Gasteiger charge is -2.23. The highest BCUT2D eigenvalue weighted by Crippen LogP contribution is 2.33. The first-order chi connectivity index (χ1) is 11.7. The summed E-state index contributed by atoms with van der Waals surface area (Å²) in [5.74, 6) is -0.288. The number of hydrogen-bond acceptors (Lipinski definition) is 1. The van der Waals surface area contributed by atoms with Gasteiger partial charge in [0.15, 0.2) is 0 Å². The maximum Gasteiger partial charge on any atom is 0.416 e. The number of nitrogens with zero attached hydrogens (tertiary/aromatic N) is 1. The minimum absolute atomic E-state index is 0.0276. The fourth-order valence-electron chi connectivity index (χ4n) is 2.64. The summed E-state index contributed by atoms with van der Waals surface area (Å²) in [5.41, 5.74) is 0.0403. The second-order valence-electron chi connectivity index (χ2n) is 6.02. The van der Waals surface area contributed by atoms with Crippen LogP contribution in [-0.2, 0) is 12.7 Å². The van der Waals surface area contributed by atoms with Gasteiger partial charge >= 0.3 is 6.18 Å². The molecule has 0 atom stereocenters. The zero-order valence-corrected chi connectivity index (χ0v) is 14.5. The largest absolute Gasteiger partial charge is 0.416 e. The molecule has 0 aliphatic heterocycles. The lowest BCUT2D eigenvalue weighted by Crippen LogP contribution is -2.32. The van der Waals surface area contributed by atoms with Crippen molar-refractivity contribution in [2.24, 2.45) is 0 Å². The van der Waals surface area contributed by atoms with Crippen molar-refractivity contribution in [3.8, 4) is 0 Å². The molecular formula is C18H14Cl2F3NO. The van der Waals surface area contributed by atoms with E-state index in [1.165, 1.54) is 24.3 Å². The predicted octanol–water partition coefficient (Wildman–Crippen LogP) is 5.82. The lowest BCUT2D eigenvalue weighted by molar-refractivity contribution is -0.137. The Morgan fingerprint density at radius 1 is 1.08 bits per heavy atom. The molecule has 1 aliphatic rings. The molecule has 0 unspecified atom stereocenters. The molecule has 1 fully saturated rings. The first-order valence-corrected chi connectivity index (χ1v) is 8.43. The molecule has 2 nitrogen and oxygen atoms in total. The Bertz CT molecular complexity index is 783. The van der Waals surface area contributed by atoms with Crippen LogP contribution in [0.3, 0.4) is 0 Å². The van der Waals surface area contributed by atoms with Crippen molar-refractivity contribution in [2.75, 3.05) is 0 Å². The highest BCUT2D eigenvalue weighted by molar-refractivity contribution is 6.35. The Morgan fingerprint density at radius 3 is 2.28 bits per heavy atom. The third kappa shape index (κ3) is 4.47. The van der Waals surface area contributed by atoms with Crippen LogP contribution in [0.2, 0.25) is 10.0 Å². The third-order valence-electron chi connectivity index (χ3n) is 3.97. The molecule has 3 rings (SSSR count). The molecule has 1 saturated carbocycles. The average molecular weight is 388 g/mol. The molecule has 1 amide bonds. The van der Waals surface area contributed by atoms with E-state index >= 15 is 0 Å². The van der Waals surface area contributed by atoms with Gasteiger partial charge in [0.25, 0.3) is 5.91 Å². The van der Waals surface area contributed by atoms with Crippen molar-refractivity contribution in [3.63, 3.8) is 0 Å². The fraction of sp³-hybridized carbons (Fsp3) is 0.278. The van der Waals surface area contributed by atoms with Gasteiger partial charge in [-0.1, -0.05) is 35.3 Å². The first kappa shape index (κ1) is 18.1. The number of hydrogen-bond donors (Lipinski definition) is 0. The predicted molar refractivity (Wildman–Crippen MR) is 90.8 cm³/mol. The molecule has 25 heavy (non-hydrogen) atoms. The number of alkyl halides is 3. The lowest BCUT2D eigenvalue weighted by atomic mass is 10.1. The zero-order chi connectivity index (χ0) is 18.2. The van der Waals surface area contributed by atoms with Gasteiger partial charge in [-0.2, -0.15) is 13.2 Å². The van der Waals surface area contributed by atoms with Crippen molar-refractivity contribution in [1.29, 1.82) is 0 Å². The van der Waals surface area contributed by atoms with Crippen LogP contribution >= 0.6 is 23.2 Å². The van der Waals surface area contributed by atoms with Crippen LogP contribution in [0.15, 0.2) is 42.5 Å². The molecule has 0 spiro atoms. The van der Waals surface area contributed by atoms with Gasteiger partial charge in [0.1, 0.15) is 0 Å². The number of carbonyl (C=O) groups is 1. The summed E-state index contributed by atoms with van der Waals surface area (Å²) in [6.07, 6.45) is -2.75. The molecule has 0 bridgehead atoms. The zero-order valence-electron chi connectivity index (χ0n) is 13.0. The smallest absolute Gasteiger partial charge is 0.331 e. The van der Waals surface area contributed by atoms with Crippen molar-refractivity contribution >= 4 is 29.1 Å². The molecule has 0 saturated heterocycles. The van der Waals surface area contributed by atoms with E-state index in [2.05, 4.69) is 0 Å². The number of carbonyl (C=O) groups excluding carboxylic acids is 1. The fourth-order valence-corrected chi connectivity index (χ4v) is 3.16. The van der Waals surface area contributed by atoms with E-state index in [0.29, 0.717) is 21.2 Å². The van der Waals surface area contributed by atoms with Gasteiger partial charge in [-0.3, -0.25) is 4.79 Å². The van der Waals surface area contributed by atoms with Crippen molar-refractivity contribution in [3.05, 3.63) is 69.2 Å². The van der Waals surface area contributed by atoms with Crippen LogP contribution in [0.5, 0.6) is 0 Å². The number of amides is 1. The third-order valence-corrected chi connectivity index (χ3v) is 4.40. The summed E-state index contributed by atoms with van der Waals surface area (Å²) in [6, 6.07) is 9.60. The van der Waals surface area contributed by atoms with E-state index in [4.69, 9.17) is 23.2 Å². The monoisotopic (exact) mass is 387 g/mol. The van der Waals surface area contributed by atoms with Gasteiger partial charge in [-0.15, -0.1) is 0 Å².